The molecule has 0 aliphatic heterocycles. The molecule has 164 valence electrons. The number of benzene rings is 2. The van der Waals surface area contributed by atoms with Gasteiger partial charge in [0.15, 0.2) is 0 Å². The number of nitrogens with one attached hydrogen (secondary N) is 3. The van der Waals surface area contributed by atoms with Gasteiger partial charge < -0.3 is 20.4 Å². The van der Waals surface area contributed by atoms with Crippen LogP contribution in [0.5, 0.6) is 0 Å². The Morgan fingerprint density at radius 2 is 1.62 bits per heavy atom. The van der Waals surface area contributed by atoms with Gasteiger partial charge in [0.1, 0.15) is 11.8 Å². The molecule has 3 N–H and O–H groups in total. The number of amides is 3. The average Bonchev–Trinajstić information content (AvgIpc) is 3.32. The topological polar surface area (TPSA) is 100 Å². The highest BCUT2D eigenvalue weighted by Crippen LogP contribution is 2.09. The minimum Gasteiger partial charge on any atom is -0.465 e. The number of carbonyl (C=O) groups excluding carboxylic acids is 3. The normalized spacial score (nSPS) is 11.6. The van der Waals surface area contributed by atoms with Crippen LogP contribution in [-0.2, 0) is 20.8 Å². The average molecular weight is 431 g/mol. The van der Waals surface area contributed by atoms with E-state index >= 15 is 0 Å². The Kier molecular flexibility index (Phi) is 8.39. The van der Waals surface area contributed by atoms with Crippen molar-refractivity contribution in [2.24, 2.45) is 0 Å². The van der Waals surface area contributed by atoms with Crippen molar-refractivity contribution < 1.29 is 18.8 Å². The summed E-state index contributed by atoms with van der Waals surface area (Å²) in [4.78, 5) is 37.1. The van der Waals surface area contributed by atoms with Crippen molar-refractivity contribution in [2.75, 3.05) is 11.9 Å². The Labute approximate surface area is 186 Å². The Morgan fingerprint density at radius 3 is 2.31 bits per heavy atom. The lowest BCUT2D eigenvalue weighted by molar-refractivity contribution is -0.126. The largest absolute Gasteiger partial charge is 0.465 e. The van der Waals surface area contributed by atoms with E-state index < -0.39 is 6.04 Å². The van der Waals surface area contributed by atoms with Gasteiger partial charge in [0.2, 0.25) is 17.7 Å². The summed E-state index contributed by atoms with van der Waals surface area (Å²) in [5.74, 6) is -0.411. The number of hydrogen-bond acceptors (Lipinski definition) is 4. The summed E-state index contributed by atoms with van der Waals surface area (Å²) in [5, 5.41) is 8.25. The summed E-state index contributed by atoms with van der Waals surface area (Å²) >= 11 is 0. The number of anilines is 1. The molecule has 2 aromatic carbocycles. The Hall–Kier alpha value is -4.13. The van der Waals surface area contributed by atoms with E-state index in [-0.39, 0.29) is 30.7 Å². The lowest BCUT2D eigenvalue weighted by atomic mass is 10.0. The third-order valence-corrected chi connectivity index (χ3v) is 4.57. The molecule has 3 amide bonds. The van der Waals surface area contributed by atoms with Crippen LogP contribution in [0.3, 0.4) is 0 Å². The zero-order chi connectivity index (χ0) is 22.6. The molecule has 0 bridgehead atoms. The van der Waals surface area contributed by atoms with E-state index in [1.807, 2.05) is 48.5 Å². The van der Waals surface area contributed by atoms with Gasteiger partial charge in [-0.2, -0.15) is 0 Å². The number of furan rings is 1. The molecule has 0 aliphatic carbocycles. The molecule has 3 rings (SSSR count). The molecule has 3 aromatic rings. The van der Waals surface area contributed by atoms with E-state index in [1.54, 1.807) is 30.3 Å². The minimum atomic E-state index is -0.750. The van der Waals surface area contributed by atoms with Crippen molar-refractivity contribution in [2.45, 2.75) is 18.9 Å². The Bertz CT molecular complexity index is 1030. The fourth-order valence-electron chi connectivity index (χ4n) is 2.98. The first-order valence-corrected chi connectivity index (χ1v) is 10.3. The second-order valence-corrected chi connectivity index (χ2v) is 7.05. The van der Waals surface area contributed by atoms with Gasteiger partial charge in [-0.05, 0) is 35.9 Å². The number of hydrogen-bond donors (Lipinski definition) is 3. The lowest BCUT2D eigenvalue weighted by Crippen LogP contribution is -2.46. The van der Waals surface area contributed by atoms with Crippen LogP contribution >= 0.6 is 0 Å². The van der Waals surface area contributed by atoms with Gasteiger partial charge in [-0.1, -0.05) is 48.5 Å². The lowest BCUT2D eigenvalue weighted by Gasteiger charge is -2.19. The minimum absolute atomic E-state index is 0.0459. The molecule has 0 saturated carbocycles. The smallest absolute Gasteiger partial charge is 0.247 e. The van der Waals surface area contributed by atoms with Crippen LogP contribution in [0.1, 0.15) is 17.7 Å². The molecule has 0 spiro atoms. The molecule has 7 heteroatoms. The number of carbonyl (C=O) groups is 3. The van der Waals surface area contributed by atoms with E-state index in [0.29, 0.717) is 17.9 Å². The van der Waals surface area contributed by atoms with Crippen LogP contribution in [-0.4, -0.2) is 30.3 Å². The molecule has 7 nitrogen and oxygen atoms in total. The first-order chi connectivity index (χ1) is 15.6. The molecule has 1 atom stereocenters. The predicted octanol–water partition coefficient (Wildman–Crippen LogP) is 3.17. The summed E-state index contributed by atoms with van der Waals surface area (Å²) in [6.45, 7) is 0.144. The summed E-state index contributed by atoms with van der Waals surface area (Å²) in [7, 11) is 0. The van der Waals surface area contributed by atoms with E-state index in [2.05, 4.69) is 16.0 Å². The van der Waals surface area contributed by atoms with Crippen LogP contribution < -0.4 is 16.0 Å². The molecular weight excluding hydrogens is 406 g/mol. The van der Waals surface area contributed by atoms with Gasteiger partial charge >= 0.3 is 0 Å². The van der Waals surface area contributed by atoms with E-state index in [9.17, 15) is 14.4 Å². The first-order valence-electron chi connectivity index (χ1n) is 10.3. The predicted molar refractivity (Wildman–Crippen MR) is 123 cm³/mol. The van der Waals surface area contributed by atoms with Gasteiger partial charge in [-0.3, -0.25) is 14.4 Å². The highest BCUT2D eigenvalue weighted by molar-refractivity contribution is 5.97. The molecule has 32 heavy (non-hydrogen) atoms. The van der Waals surface area contributed by atoms with Crippen LogP contribution in [0, 0.1) is 0 Å². The number of rotatable bonds is 10. The standard InChI is InChI=1S/C25H25N3O4/c29-23(14-13-21-12-7-17-32-21)26-16-15-24(30)28-22(18-19-8-3-1-4-9-19)25(31)27-20-10-5-2-6-11-20/h1-14,17,22H,15-16,18H2,(H,26,29)(H,27,31)(H,28,30)/b14-13+. The van der Waals surface area contributed by atoms with Crippen molar-refractivity contribution in [1.82, 2.24) is 10.6 Å². The first kappa shape index (κ1) is 22.6. The summed E-state index contributed by atoms with van der Waals surface area (Å²) in [6.07, 6.45) is 4.79. The SMILES string of the molecule is O=C(/C=C/c1ccco1)NCCC(=O)NC(Cc1ccccc1)C(=O)Nc1ccccc1. The third-order valence-electron chi connectivity index (χ3n) is 4.57. The molecule has 1 unspecified atom stereocenters. The molecular formula is C25H25N3O4. The molecule has 1 aromatic heterocycles. The fraction of sp³-hybridized carbons (Fsp3) is 0.160. The highest BCUT2D eigenvalue weighted by atomic mass is 16.3. The summed E-state index contributed by atoms with van der Waals surface area (Å²) in [5.41, 5.74) is 1.58. The van der Waals surface area contributed by atoms with Crippen molar-refractivity contribution in [3.05, 3.63) is 96.5 Å². The third kappa shape index (κ3) is 7.60. The van der Waals surface area contributed by atoms with E-state index in [0.717, 1.165) is 5.56 Å². The van der Waals surface area contributed by atoms with Crippen molar-refractivity contribution in [3.63, 3.8) is 0 Å². The van der Waals surface area contributed by atoms with Gasteiger partial charge in [-0.25, -0.2) is 0 Å². The molecule has 0 radical (unpaired) electrons. The highest BCUT2D eigenvalue weighted by Gasteiger charge is 2.21. The molecule has 0 fully saturated rings. The number of para-hydroxylation sites is 1. The maximum atomic E-state index is 12.8. The molecule has 0 aliphatic rings. The fourth-order valence-corrected chi connectivity index (χ4v) is 2.98. The maximum absolute atomic E-state index is 12.8. The zero-order valence-corrected chi connectivity index (χ0v) is 17.5. The Balaban J connectivity index is 1.52. The van der Waals surface area contributed by atoms with Gasteiger partial charge in [0.05, 0.1) is 6.26 Å². The second kappa shape index (κ2) is 11.9. The zero-order valence-electron chi connectivity index (χ0n) is 17.5. The van der Waals surface area contributed by atoms with E-state index in [4.69, 9.17) is 4.42 Å². The van der Waals surface area contributed by atoms with Crippen LogP contribution in [0.25, 0.3) is 6.08 Å². The van der Waals surface area contributed by atoms with Crippen LogP contribution in [0.15, 0.2) is 89.6 Å². The van der Waals surface area contributed by atoms with Gasteiger partial charge in [0, 0.05) is 31.1 Å². The second-order valence-electron chi connectivity index (χ2n) is 7.05. The molecule has 1 heterocycles. The van der Waals surface area contributed by atoms with Crippen molar-refractivity contribution >= 4 is 29.5 Å². The maximum Gasteiger partial charge on any atom is 0.247 e. The summed E-state index contributed by atoms with van der Waals surface area (Å²) < 4.78 is 5.12. The van der Waals surface area contributed by atoms with E-state index in [1.165, 1.54) is 12.3 Å². The van der Waals surface area contributed by atoms with Crippen LogP contribution in [0.4, 0.5) is 5.69 Å². The Morgan fingerprint density at radius 1 is 0.906 bits per heavy atom. The van der Waals surface area contributed by atoms with Gasteiger partial charge in [-0.15, -0.1) is 0 Å². The monoisotopic (exact) mass is 431 g/mol. The van der Waals surface area contributed by atoms with Gasteiger partial charge in [0.25, 0.3) is 0 Å². The molecule has 0 saturated heterocycles. The van der Waals surface area contributed by atoms with Crippen molar-refractivity contribution in [1.29, 1.82) is 0 Å². The van der Waals surface area contributed by atoms with Crippen LogP contribution in [0.2, 0.25) is 0 Å². The summed E-state index contributed by atoms with van der Waals surface area (Å²) in [6, 6.07) is 21.2. The quantitative estimate of drug-likeness (QED) is 0.429. The van der Waals surface area contributed by atoms with Crippen molar-refractivity contribution in [3.8, 4) is 0 Å².